The average molecular weight is 470 g/mol. The minimum absolute atomic E-state index is 0.248. The second-order valence-electron chi connectivity index (χ2n) is 8.16. The van der Waals surface area contributed by atoms with Gasteiger partial charge in [-0.25, -0.2) is 9.78 Å². The number of imidazole rings is 1. The predicted molar refractivity (Wildman–Crippen MR) is 135 cm³/mol. The number of aromatic nitrogens is 2. The third-order valence-electron chi connectivity index (χ3n) is 5.73. The Balaban J connectivity index is 1.46. The maximum atomic E-state index is 12.6. The van der Waals surface area contributed by atoms with Gasteiger partial charge in [0.2, 0.25) is 0 Å². The van der Waals surface area contributed by atoms with E-state index in [4.69, 9.17) is 9.47 Å². The molecule has 0 spiro atoms. The van der Waals surface area contributed by atoms with Crippen LogP contribution in [0.25, 0.3) is 22.4 Å². The van der Waals surface area contributed by atoms with Crippen molar-refractivity contribution in [2.45, 2.75) is 19.4 Å². The molecule has 7 nitrogen and oxygen atoms in total. The van der Waals surface area contributed by atoms with Gasteiger partial charge in [0.15, 0.2) is 0 Å². The molecule has 0 aliphatic rings. The number of hydrogen-bond acceptors (Lipinski definition) is 5. The Hall–Kier alpha value is -4.39. The molecule has 1 aromatic heterocycles. The zero-order chi connectivity index (χ0) is 24.8. The van der Waals surface area contributed by atoms with Crippen molar-refractivity contribution in [2.24, 2.45) is 7.05 Å². The van der Waals surface area contributed by atoms with Gasteiger partial charge in [-0.3, -0.25) is 10.1 Å². The molecule has 3 aromatic carbocycles. The molecule has 178 valence electrons. The number of anilines is 1. The zero-order valence-electron chi connectivity index (χ0n) is 19.9. The average Bonchev–Trinajstić information content (AvgIpc) is 3.24. The number of nitrogens with one attached hydrogen (secondary N) is 1. The van der Waals surface area contributed by atoms with Gasteiger partial charge in [0.05, 0.1) is 19.9 Å². The summed E-state index contributed by atoms with van der Waals surface area (Å²) in [5.41, 5.74) is 5.39. The molecule has 4 rings (SSSR count). The highest BCUT2D eigenvalue weighted by molar-refractivity contribution is 5.89. The summed E-state index contributed by atoms with van der Waals surface area (Å²) < 4.78 is 12.0. The Morgan fingerprint density at radius 1 is 0.914 bits per heavy atom. The standard InChI is InChI=1S/C28H27N3O4/c1-19(21-7-5-4-6-8-21)35-28(33)30-27-26(29-18-31(27)2)24-15-13-23(14-16-24)22-11-9-20(10-12-22)17-25(32)34-3/h4-16,18-19H,17H2,1-3H3,(H,30,33)/t19-/m1/s1. The first-order chi connectivity index (χ1) is 16.9. The zero-order valence-corrected chi connectivity index (χ0v) is 19.9. The van der Waals surface area contributed by atoms with Gasteiger partial charge in [0, 0.05) is 12.6 Å². The fourth-order valence-corrected chi connectivity index (χ4v) is 3.74. The molecular formula is C28H27N3O4. The van der Waals surface area contributed by atoms with Crippen molar-refractivity contribution in [1.82, 2.24) is 9.55 Å². The largest absolute Gasteiger partial charge is 0.469 e. The molecule has 35 heavy (non-hydrogen) atoms. The third-order valence-corrected chi connectivity index (χ3v) is 5.73. The number of ether oxygens (including phenoxy) is 2. The molecule has 0 saturated heterocycles. The lowest BCUT2D eigenvalue weighted by molar-refractivity contribution is -0.139. The molecule has 0 radical (unpaired) electrons. The Morgan fingerprint density at radius 2 is 1.51 bits per heavy atom. The van der Waals surface area contributed by atoms with Gasteiger partial charge in [0.25, 0.3) is 0 Å². The summed E-state index contributed by atoms with van der Waals surface area (Å²) in [7, 11) is 3.20. The van der Waals surface area contributed by atoms with E-state index in [9.17, 15) is 9.59 Å². The minimum atomic E-state index is -0.546. The van der Waals surface area contributed by atoms with E-state index >= 15 is 0 Å². The van der Waals surface area contributed by atoms with Crippen LogP contribution in [-0.2, 0) is 27.7 Å². The fourth-order valence-electron chi connectivity index (χ4n) is 3.74. The normalized spacial score (nSPS) is 11.5. The molecule has 0 saturated carbocycles. The molecule has 0 unspecified atom stereocenters. The van der Waals surface area contributed by atoms with Crippen molar-refractivity contribution in [1.29, 1.82) is 0 Å². The summed E-state index contributed by atoms with van der Waals surface area (Å²) in [5, 5.41) is 2.83. The lowest BCUT2D eigenvalue weighted by Crippen LogP contribution is -2.18. The van der Waals surface area contributed by atoms with E-state index in [2.05, 4.69) is 10.3 Å². The number of carbonyl (C=O) groups excluding carboxylic acids is 2. The summed E-state index contributed by atoms with van der Waals surface area (Å²) in [4.78, 5) is 28.5. The van der Waals surface area contributed by atoms with E-state index in [0.717, 1.165) is 27.8 Å². The number of esters is 1. The van der Waals surface area contributed by atoms with Gasteiger partial charge < -0.3 is 14.0 Å². The Morgan fingerprint density at radius 3 is 2.14 bits per heavy atom. The van der Waals surface area contributed by atoms with E-state index in [1.54, 1.807) is 10.9 Å². The quantitative estimate of drug-likeness (QED) is 0.347. The number of aryl methyl sites for hydroxylation is 1. The van der Waals surface area contributed by atoms with Crippen LogP contribution in [0.15, 0.2) is 85.2 Å². The summed E-state index contributed by atoms with van der Waals surface area (Å²) in [6.07, 6.45) is 0.970. The number of amides is 1. The summed E-state index contributed by atoms with van der Waals surface area (Å²) in [6, 6.07) is 25.3. The van der Waals surface area contributed by atoms with E-state index in [1.807, 2.05) is 92.8 Å². The molecular weight excluding hydrogens is 442 g/mol. The van der Waals surface area contributed by atoms with Crippen molar-refractivity contribution >= 4 is 17.9 Å². The topological polar surface area (TPSA) is 82.5 Å². The van der Waals surface area contributed by atoms with E-state index < -0.39 is 6.09 Å². The van der Waals surface area contributed by atoms with Crippen molar-refractivity contribution in [2.75, 3.05) is 12.4 Å². The number of rotatable bonds is 7. The molecule has 7 heteroatoms. The fraction of sp³-hybridized carbons (Fsp3) is 0.179. The Labute approximate surface area is 204 Å². The molecule has 4 aromatic rings. The van der Waals surface area contributed by atoms with Gasteiger partial charge in [-0.15, -0.1) is 0 Å². The lowest BCUT2D eigenvalue weighted by atomic mass is 10.0. The maximum absolute atomic E-state index is 12.6. The lowest BCUT2D eigenvalue weighted by Gasteiger charge is -2.15. The van der Waals surface area contributed by atoms with Crippen LogP contribution in [0.4, 0.5) is 10.6 Å². The van der Waals surface area contributed by atoms with Crippen molar-refractivity contribution < 1.29 is 19.1 Å². The van der Waals surface area contributed by atoms with Crippen LogP contribution >= 0.6 is 0 Å². The van der Waals surface area contributed by atoms with Crippen LogP contribution in [0.3, 0.4) is 0 Å². The van der Waals surface area contributed by atoms with Gasteiger partial charge >= 0.3 is 12.1 Å². The first-order valence-corrected chi connectivity index (χ1v) is 11.2. The first-order valence-electron chi connectivity index (χ1n) is 11.2. The van der Waals surface area contributed by atoms with E-state index in [-0.39, 0.29) is 18.5 Å². The van der Waals surface area contributed by atoms with Crippen LogP contribution in [0.2, 0.25) is 0 Å². The minimum Gasteiger partial charge on any atom is -0.469 e. The number of methoxy groups -OCH3 is 1. The molecule has 0 fully saturated rings. The molecule has 0 bridgehead atoms. The van der Waals surface area contributed by atoms with Crippen LogP contribution in [0, 0.1) is 0 Å². The van der Waals surface area contributed by atoms with E-state index in [1.165, 1.54) is 7.11 Å². The van der Waals surface area contributed by atoms with Crippen LogP contribution in [0.5, 0.6) is 0 Å². The summed E-state index contributed by atoms with van der Waals surface area (Å²) in [6.45, 7) is 1.83. The first kappa shape index (κ1) is 23.8. The highest BCUT2D eigenvalue weighted by atomic mass is 16.6. The van der Waals surface area contributed by atoms with Crippen LogP contribution in [0.1, 0.15) is 24.2 Å². The number of nitrogens with zero attached hydrogens (tertiary/aromatic N) is 2. The number of carbonyl (C=O) groups is 2. The van der Waals surface area contributed by atoms with Gasteiger partial charge in [-0.2, -0.15) is 0 Å². The molecule has 1 N–H and O–H groups in total. The van der Waals surface area contributed by atoms with Gasteiger partial charge in [-0.05, 0) is 29.2 Å². The van der Waals surface area contributed by atoms with Crippen molar-refractivity contribution in [3.05, 3.63) is 96.3 Å². The Kier molecular flexibility index (Phi) is 7.26. The second kappa shape index (κ2) is 10.7. The molecule has 0 aliphatic heterocycles. The smallest absolute Gasteiger partial charge is 0.413 e. The van der Waals surface area contributed by atoms with Crippen LogP contribution < -0.4 is 5.32 Å². The Bertz CT molecular complexity index is 1300. The van der Waals surface area contributed by atoms with Gasteiger partial charge in [-0.1, -0.05) is 78.9 Å². The third kappa shape index (κ3) is 5.76. The maximum Gasteiger partial charge on any atom is 0.413 e. The van der Waals surface area contributed by atoms with Crippen molar-refractivity contribution in [3.8, 4) is 22.4 Å². The summed E-state index contributed by atoms with van der Waals surface area (Å²) in [5.74, 6) is 0.287. The highest BCUT2D eigenvalue weighted by Gasteiger charge is 2.17. The second-order valence-corrected chi connectivity index (χ2v) is 8.16. The monoisotopic (exact) mass is 469 g/mol. The van der Waals surface area contributed by atoms with Crippen LogP contribution in [-0.4, -0.2) is 28.7 Å². The molecule has 1 atom stereocenters. The predicted octanol–water partition coefficient (Wildman–Crippen LogP) is 5.78. The highest BCUT2D eigenvalue weighted by Crippen LogP contribution is 2.29. The van der Waals surface area contributed by atoms with E-state index in [0.29, 0.717) is 11.5 Å². The number of benzene rings is 3. The summed E-state index contributed by atoms with van der Waals surface area (Å²) >= 11 is 0. The van der Waals surface area contributed by atoms with Gasteiger partial charge in [0.1, 0.15) is 17.6 Å². The molecule has 0 aliphatic carbocycles. The van der Waals surface area contributed by atoms with Crippen molar-refractivity contribution in [3.63, 3.8) is 0 Å². The molecule has 1 amide bonds. The number of hydrogen-bond donors (Lipinski definition) is 1. The SMILES string of the molecule is COC(=O)Cc1ccc(-c2ccc(-c3ncn(C)c3NC(=O)O[C@H](C)c3ccccc3)cc2)cc1. The molecule has 1 heterocycles.